The average Bonchev–Trinajstić information content (AvgIpc) is 2.89. The molecule has 9 nitrogen and oxygen atoms in total. The van der Waals surface area contributed by atoms with E-state index >= 15 is 0 Å². The van der Waals surface area contributed by atoms with Gasteiger partial charge in [-0.1, -0.05) is 40.0 Å². The molecule has 0 atom stereocenters. The number of carbonyl (C=O) groups is 3. The van der Waals surface area contributed by atoms with Crippen molar-refractivity contribution in [2.75, 3.05) is 78.5 Å². The van der Waals surface area contributed by atoms with Crippen molar-refractivity contribution in [3.63, 3.8) is 0 Å². The van der Waals surface area contributed by atoms with Gasteiger partial charge in [0.1, 0.15) is 0 Å². The van der Waals surface area contributed by atoms with Gasteiger partial charge in [0.25, 0.3) is 0 Å². The highest BCUT2D eigenvalue weighted by Gasteiger charge is 2.21. The Kier molecular flexibility index (Phi) is 16.6. The van der Waals surface area contributed by atoms with Gasteiger partial charge in [-0.25, -0.2) is 0 Å². The molecule has 0 aromatic rings. The third-order valence-electron chi connectivity index (χ3n) is 5.84. The normalized spacial score (nSPS) is 15.8. The van der Waals surface area contributed by atoms with E-state index < -0.39 is 0 Å². The quantitative estimate of drug-likeness (QED) is 0.306. The second-order valence-electron chi connectivity index (χ2n) is 8.88. The maximum atomic E-state index is 13.1. The molecule has 33 heavy (non-hydrogen) atoms. The summed E-state index contributed by atoms with van der Waals surface area (Å²) in [5.74, 6) is -0.0263. The standard InChI is InChI=1S/C24H48N6O3/c1-4-7-10-26-22(31)19-28-15-12-25-13-16-29(18-17-28)21-24(33)30(14-9-6-3)20-23(32)27-11-8-5-2/h25H,4-21H2,1-3H3,(H,26,31)(H,27,32). The van der Waals surface area contributed by atoms with Crippen LogP contribution < -0.4 is 16.0 Å². The molecule has 1 rings (SSSR count). The summed E-state index contributed by atoms with van der Waals surface area (Å²) in [6.45, 7) is 13.7. The van der Waals surface area contributed by atoms with Crippen LogP contribution in [0.3, 0.4) is 0 Å². The number of rotatable bonds is 15. The van der Waals surface area contributed by atoms with Crippen LogP contribution in [-0.4, -0.2) is 111 Å². The van der Waals surface area contributed by atoms with Gasteiger partial charge < -0.3 is 20.9 Å². The second kappa shape index (κ2) is 18.7. The van der Waals surface area contributed by atoms with Crippen LogP contribution in [0.5, 0.6) is 0 Å². The molecule has 0 bridgehead atoms. The van der Waals surface area contributed by atoms with Crippen LogP contribution in [-0.2, 0) is 14.4 Å². The zero-order valence-corrected chi connectivity index (χ0v) is 21.3. The highest BCUT2D eigenvalue weighted by molar-refractivity contribution is 5.85. The highest BCUT2D eigenvalue weighted by atomic mass is 16.2. The minimum Gasteiger partial charge on any atom is -0.355 e. The lowest BCUT2D eigenvalue weighted by molar-refractivity contribution is -0.137. The summed E-state index contributed by atoms with van der Waals surface area (Å²) in [5, 5.41) is 9.31. The third kappa shape index (κ3) is 14.2. The molecule has 0 radical (unpaired) electrons. The lowest BCUT2D eigenvalue weighted by atomic mass is 10.3. The molecule has 0 aliphatic carbocycles. The Bertz CT molecular complexity index is 560. The van der Waals surface area contributed by atoms with Crippen molar-refractivity contribution >= 4 is 17.7 Å². The number of hydrogen-bond donors (Lipinski definition) is 3. The Morgan fingerprint density at radius 2 is 1.30 bits per heavy atom. The molecule has 0 aromatic carbocycles. The molecule has 0 aromatic heterocycles. The minimum atomic E-state index is -0.0840. The first-order chi connectivity index (χ1) is 16.0. The van der Waals surface area contributed by atoms with E-state index in [0.29, 0.717) is 26.2 Å². The topological polar surface area (TPSA) is 97.0 Å². The highest BCUT2D eigenvalue weighted by Crippen LogP contribution is 2.01. The number of hydrogen-bond acceptors (Lipinski definition) is 6. The summed E-state index contributed by atoms with van der Waals surface area (Å²) in [4.78, 5) is 43.6. The Morgan fingerprint density at radius 1 is 0.758 bits per heavy atom. The van der Waals surface area contributed by atoms with Gasteiger partial charge in [-0.15, -0.1) is 0 Å². The largest absolute Gasteiger partial charge is 0.355 e. The molecule has 1 heterocycles. The molecule has 0 saturated carbocycles. The van der Waals surface area contributed by atoms with E-state index in [4.69, 9.17) is 0 Å². The molecule has 0 unspecified atom stereocenters. The maximum Gasteiger partial charge on any atom is 0.239 e. The van der Waals surface area contributed by atoms with Crippen LogP contribution in [0.4, 0.5) is 0 Å². The summed E-state index contributed by atoms with van der Waals surface area (Å²) >= 11 is 0. The summed E-state index contributed by atoms with van der Waals surface area (Å²) in [7, 11) is 0. The molecule has 3 N–H and O–H groups in total. The predicted octanol–water partition coefficient (Wildman–Crippen LogP) is 0.655. The van der Waals surface area contributed by atoms with Crippen molar-refractivity contribution < 1.29 is 14.4 Å². The van der Waals surface area contributed by atoms with E-state index in [-0.39, 0.29) is 24.3 Å². The van der Waals surface area contributed by atoms with Gasteiger partial charge in [-0.3, -0.25) is 24.2 Å². The molecule has 1 aliphatic rings. The average molecular weight is 469 g/mol. The first-order valence-electron chi connectivity index (χ1n) is 13.0. The van der Waals surface area contributed by atoms with Gasteiger partial charge in [0.2, 0.25) is 17.7 Å². The Balaban J connectivity index is 2.59. The van der Waals surface area contributed by atoms with Gasteiger partial charge in [-0.05, 0) is 19.3 Å². The van der Waals surface area contributed by atoms with E-state index in [1.807, 2.05) is 0 Å². The van der Waals surface area contributed by atoms with Crippen LogP contribution in [0.2, 0.25) is 0 Å². The van der Waals surface area contributed by atoms with Crippen LogP contribution >= 0.6 is 0 Å². The van der Waals surface area contributed by atoms with E-state index in [9.17, 15) is 14.4 Å². The molecular weight excluding hydrogens is 420 g/mol. The van der Waals surface area contributed by atoms with E-state index in [1.54, 1.807) is 4.90 Å². The molecular formula is C24H48N6O3. The number of nitrogens with zero attached hydrogens (tertiary/aromatic N) is 3. The molecule has 192 valence electrons. The summed E-state index contributed by atoms with van der Waals surface area (Å²) in [6, 6.07) is 0. The second-order valence-corrected chi connectivity index (χ2v) is 8.88. The van der Waals surface area contributed by atoms with E-state index in [1.165, 1.54) is 0 Å². The Labute approximate surface area is 201 Å². The summed E-state index contributed by atoms with van der Waals surface area (Å²) in [5.41, 5.74) is 0. The van der Waals surface area contributed by atoms with Crippen molar-refractivity contribution in [1.29, 1.82) is 0 Å². The number of unbranched alkanes of at least 4 members (excludes halogenated alkanes) is 3. The van der Waals surface area contributed by atoms with Gasteiger partial charge in [0, 0.05) is 58.9 Å². The minimum absolute atomic E-state index is 0.00260. The van der Waals surface area contributed by atoms with Gasteiger partial charge in [0.05, 0.1) is 19.6 Å². The van der Waals surface area contributed by atoms with E-state index in [2.05, 4.69) is 46.5 Å². The first kappa shape index (κ1) is 29.3. The zero-order chi connectivity index (χ0) is 24.3. The SMILES string of the molecule is CCCCNC(=O)CN1CCNCCN(CC(=O)N(CCCC)CC(=O)NCCCC)CC1. The van der Waals surface area contributed by atoms with Crippen molar-refractivity contribution in [3.8, 4) is 0 Å². The number of nitrogens with one attached hydrogen (secondary N) is 3. The van der Waals surface area contributed by atoms with E-state index in [0.717, 1.165) is 84.3 Å². The molecule has 9 heteroatoms. The van der Waals surface area contributed by atoms with Crippen molar-refractivity contribution in [2.45, 2.75) is 59.3 Å². The first-order valence-corrected chi connectivity index (χ1v) is 13.0. The molecule has 1 aliphatic heterocycles. The fourth-order valence-electron chi connectivity index (χ4n) is 3.65. The third-order valence-corrected chi connectivity index (χ3v) is 5.84. The molecule has 3 amide bonds. The number of carbonyl (C=O) groups excluding carboxylic acids is 3. The lowest BCUT2D eigenvalue weighted by Gasteiger charge is -2.28. The molecule has 1 saturated heterocycles. The Morgan fingerprint density at radius 3 is 1.88 bits per heavy atom. The van der Waals surface area contributed by atoms with Crippen LogP contribution in [0.1, 0.15) is 59.3 Å². The van der Waals surface area contributed by atoms with Crippen LogP contribution in [0.15, 0.2) is 0 Å². The smallest absolute Gasteiger partial charge is 0.239 e. The maximum absolute atomic E-state index is 13.1. The van der Waals surface area contributed by atoms with Crippen molar-refractivity contribution in [1.82, 2.24) is 30.7 Å². The zero-order valence-electron chi connectivity index (χ0n) is 21.3. The van der Waals surface area contributed by atoms with Gasteiger partial charge in [0.15, 0.2) is 0 Å². The van der Waals surface area contributed by atoms with Crippen molar-refractivity contribution in [3.05, 3.63) is 0 Å². The van der Waals surface area contributed by atoms with Crippen molar-refractivity contribution in [2.24, 2.45) is 0 Å². The summed E-state index contributed by atoms with van der Waals surface area (Å²) < 4.78 is 0. The van der Waals surface area contributed by atoms with Crippen LogP contribution in [0, 0.1) is 0 Å². The molecule has 1 fully saturated rings. The fraction of sp³-hybridized carbons (Fsp3) is 0.875. The Hall–Kier alpha value is -1.71. The van der Waals surface area contributed by atoms with Gasteiger partial charge >= 0.3 is 0 Å². The lowest BCUT2D eigenvalue weighted by Crippen LogP contribution is -2.47. The van der Waals surface area contributed by atoms with Crippen LogP contribution in [0.25, 0.3) is 0 Å². The fourth-order valence-corrected chi connectivity index (χ4v) is 3.65. The molecule has 0 spiro atoms. The van der Waals surface area contributed by atoms with Gasteiger partial charge in [-0.2, -0.15) is 0 Å². The predicted molar refractivity (Wildman–Crippen MR) is 133 cm³/mol. The monoisotopic (exact) mass is 468 g/mol. The summed E-state index contributed by atoms with van der Waals surface area (Å²) in [6.07, 6.45) is 5.89. The number of amides is 3.